The van der Waals surface area contributed by atoms with Crippen LogP contribution in [-0.2, 0) is 11.2 Å². The lowest BCUT2D eigenvalue weighted by atomic mass is 9.95. The molecule has 6 heteroatoms. The second kappa shape index (κ2) is 7.15. The van der Waals surface area contributed by atoms with E-state index in [-0.39, 0.29) is 12.0 Å². The van der Waals surface area contributed by atoms with Crippen LogP contribution in [0.4, 0.5) is 13.2 Å². The normalized spacial score (nSPS) is 18.7. The first-order chi connectivity index (χ1) is 12.6. The Morgan fingerprint density at radius 3 is 2.44 bits per heavy atom. The number of alkyl halides is 3. The summed E-state index contributed by atoms with van der Waals surface area (Å²) < 4.78 is 41.9. The number of benzene rings is 2. The number of carbonyl (C=O) groups excluding carboxylic acids is 1. The second-order valence-corrected chi connectivity index (χ2v) is 7.88. The van der Waals surface area contributed by atoms with Gasteiger partial charge in [0.05, 0.1) is 0 Å². The zero-order valence-corrected chi connectivity index (χ0v) is 15.9. The highest BCUT2D eigenvalue weighted by atomic mass is 19.4. The zero-order chi connectivity index (χ0) is 19.8. The summed E-state index contributed by atoms with van der Waals surface area (Å²) in [5, 5.41) is 2.75. The van der Waals surface area contributed by atoms with Crippen LogP contribution in [-0.4, -0.2) is 22.6 Å². The molecule has 0 saturated carbocycles. The van der Waals surface area contributed by atoms with Gasteiger partial charge >= 0.3 is 6.18 Å². The van der Waals surface area contributed by atoms with Crippen molar-refractivity contribution in [3.63, 3.8) is 0 Å². The summed E-state index contributed by atoms with van der Waals surface area (Å²) in [6, 6.07) is 8.89. The molecule has 1 saturated heterocycles. The minimum Gasteiger partial charge on any atom is -0.287 e. The second-order valence-electron chi connectivity index (χ2n) is 7.88. The molecule has 1 aliphatic heterocycles. The van der Waals surface area contributed by atoms with Gasteiger partial charge in [0.15, 0.2) is 6.04 Å². The third-order valence-electron chi connectivity index (χ3n) is 5.12. The van der Waals surface area contributed by atoms with Gasteiger partial charge in [0.25, 0.3) is 0 Å². The van der Waals surface area contributed by atoms with Gasteiger partial charge < -0.3 is 0 Å². The average Bonchev–Trinajstić information content (AvgIpc) is 2.83. The summed E-state index contributed by atoms with van der Waals surface area (Å²) in [6.07, 6.45) is -1.45. The van der Waals surface area contributed by atoms with Gasteiger partial charge in [-0.2, -0.15) is 18.2 Å². The first-order valence-electron chi connectivity index (χ1n) is 9.30. The van der Waals surface area contributed by atoms with Crippen molar-refractivity contribution in [1.29, 1.82) is 0 Å². The van der Waals surface area contributed by atoms with Gasteiger partial charge in [0, 0.05) is 12.0 Å². The van der Waals surface area contributed by atoms with Crippen molar-refractivity contribution < 1.29 is 18.0 Å². The maximum atomic E-state index is 14.0. The Labute approximate surface area is 157 Å². The molecule has 1 heterocycles. The lowest BCUT2D eigenvalue weighted by Crippen LogP contribution is -2.51. The summed E-state index contributed by atoms with van der Waals surface area (Å²) >= 11 is 0. The number of nitrogens with one attached hydrogen (secondary N) is 1. The SMILES string of the molecule is CCCCc1ccc2ccc([C@H](N3NC(=O)CC3(C)C)C(F)(F)F)cc2c1. The number of rotatable bonds is 5. The smallest absolute Gasteiger partial charge is 0.287 e. The van der Waals surface area contributed by atoms with Crippen molar-refractivity contribution in [2.24, 2.45) is 0 Å². The third-order valence-corrected chi connectivity index (χ3v) is 5.12. The van der Waals surface area contributed by atoms with Crippen LogP contribution in [0.5, 0.6) is 0 Å². The van der Waals surface area contributed by atoms with E-state index < -0.39 is 23.7 Å². The largest absolute Gasteiger partial charge is 0.409 e. The van der Waals surface area contributed by atoms with Crippen molar-refractivity contribution in [1.82, 2.24) is 10.4 Å². The van der Waals surface area contributed by atoms with E-state index in [4.69, 9.17) is 0 Å². The molecule has 3 nitrogen and oxygen atoms in total. The van der Waals surface area contributed by atoms with Gasteiger partial charge in [0.2, 0.25) is 5.91 Å². The highest BCUT2D eigenvalue weighted by Gasteiger charge is 2.52. The van der Waals surface area contributed by atoms with E-state index in [0.29, 0.717) is 0 Å². The molecule has 27 heavy (non-hydrogen) atoms. The standard InChI is InChI=1S/C21H25F3N2O/c1-4-5-6-14-7-8-15-9-10-16(12-17(15)11-14)19(21(22,23)24)26-20(2,3)13-18(27)25-26/h7-12,19H,4-6,13H2,1-3H3,(H,25,27)/t19-/m0/s1. The summed E-state index contributed by atoms with van der Waals surface area (Å²) in [5.41, 5.74) is 2.75. The Morgan fingerprint density at radius 1 is 1.15 bits per heavy atom. The number of carbonyl (C=O) groups is 1. The number of hydrogen-bond donors (Lipinski definition) is 1. The fourth-order valence-electron chi connectivity index (χ4n) is 3.72. The molecule has 2 aromatic rings. The lowest BCUT2D eigenvalue weighted by Gasteiger charge is -2.38. The molecule has 1 N–H and O–H groups in total. The van der Waals surface area contributed by atoms with Gasteiger partial charge in [-0.25, -0.2) is 0 Å². The minimum absolute atomic E-state index is 0.0360. The van der Waals surface area contributed by atoms with Crippen LogP contribution in [0.1, 0.15) is 57.2 Å². The predicted octanol–water partition coefficient (Wildman–Crippen LogP) is 5.30. The number of unbranched alkanes of at least 4 members (excludes halogenated alkanes) is 1. The van der Waals surface area contributed by atoms with Crippen molar-refractivity contribution in [2.75, 3.05) is 0 Å². The van der Waals surface area contributed by atoms with Crippen LogP contribution in [0, 0.1) is 0 Å². The van der Waals surface area contributed by atoms with Gasteiger partial charge in [-0.15, -0.1) is 0 Å². The van der Waals surface area contributed by atoms with Crippen molar-refractivity contribution in [3.05, 3.63) is 47.5 Å². The fourth-order valence-corrected chi connectivity index (χ4v) is 3.72. The average molecular weight is 378 g/mol. The van der Waals surface area contributed by atoms with Crippen LogP contribution in [0.15, 0.2) is 36.4 Å². The molecule has 0 spiro atoms. The van der Waals surface area contributed by atoms with Gasteiger partial charge in [-0.3, -0.25) is 10.2 Å². The maximum absolute atomic E-state index is 14.0. The molecule has 0 radical (unpaired) electrons. The lowest BCUT2D eigenvalue weighted by molar-refractivity contribution is -0.203. The molecule has 1 aliphatic rings. The third kappa shape index (κ3) is 4.10. The van der Waals surface area contributed by atoms with Gasteiger partial charge in [0.1, 0.15) is 0 Å². The Balaban J connectivity index is 2.04. The molecule has 1 fully saturated rings. The van der Waals surface area contributed by atoms with E-state index >= 15 is 0 Å². The fraction of sp³-hybridized carbons (Fsp3) is 0.476. The summed E-state index contributed by atoms with van der Waals surface area (Å²) in [7, 11) is 0. The molecule has 0 bridgehead atoms. The highest BCUT2D eigenvalue weighted by Crippen LogP contribution is 2.43. The zero-order valence-electron chi connectivity index (χ0n) is 15.9. The predicted molar refractivity (Wildman–Crippen MR) is 100 cm³/mol. The number of hydrogen-bond acceptors (Lipinski definition) is 2. The number of hydrazine groups is 1. The van der Waals surface area contributed by atoms with E-state index in [1.165, 1.54) is 6.07 Å². The van der Waals surface area contributed by atoms with E-state index in [2.05, 4.69) is 12.3 Å². The number of amides is 1. The van der Waals surface area contributed by atoms with Crippen molar-refractivity contribution >= 4 is 16.7 Å². The molecule has 1 atom stereocenters. The van der Waals surface area contributed by atoms with Crippen molar-refractivity contribution in [2.45, 2.75) is 64.2 Å². The Hall–Kier alpha value is -2.08. The highest BCUT2D eigenvalue weighted by molar-refractivity contribution is 5.84. The molecule has 0 aromatic heterocycles. The Kier molecular flexibility index (Phi) is 5.21. The monoisotopic (exact) mass is 378 g/mol. The molecular formula is C21H25F3N2O. The molecule has 3 rings (SSSR count). The van der Waals surface area contributed by atoms with Gasteiger partial charge in [-0.05, 0) is 54.7 Å². The van der Waals surface area contributed by atoms with E-state index in [9.17, 15) is 18.0 Å². The summed E-state index contributed by atoms with van der Waals surface area (Å²) in [4.78, 5) is 11.8. The van der Waals surface area contributed by atoms with E-state index in [0.717, 1.165) is 40.6 Å². The maximum Gasteiger partial charge on any atom is 0.409 e. The first kappa shape index (κ1) is 19.7. The molecule has 1 amide bonds. The molecular weight excluding hydrogens is 353 g/mol. The first-order valence-corrected chi connectivity index (χ1v) is 9.30. The van der Waals surface area contributed by atoms with Crippen LogP contribution in [0.25, 0.3) is 10.8 Å². The van der Waals surface area contributed by atoms with Crippen LogP contribution >= 0.6 is 0 Å². The van der Waals surface area contributed by atoms with E-state index in [1.807, 2.05) is 18.2 Å². The molecule has 2 aromatic carbocycles. The number of halogens is 3. The summed E-state index contributed by atoms with van der Waals surface area (Å²) in [6.45, 7) is 5.40. The molecule has 0 aliphatic carbocycles. The Morgan fingerprint density at radius 2 is 1.85 bits per heavy atom. The van der Waals surface area contributed by atoms with Crippen LogP contribution < -0.4 is 5.43 Å². The Bertz CT molecular complexity index is 845. The minimum atomic E-state index is -4.51. The number of aryl methyl sites for hydroxylation is 1. The van der Waals surface area contributed by atoms with Crippen LogP contribution in [0.2, 0.25) is 0 Å². The van der Waals surface area contributed by atoms with Crippen molar-refractivity contribution in [3.8, 4) is 0 Å². The van der Waals surface area contributed by atoms with Gasteiger partial charge in [-0.1, -0.05) is 43.7 Å². The summed E-state index contributed by atoms with van der Waals surface area (Å²) in [5.74, 6) is -0.392. The quantitative estimate of drug-likeness (QED) is 0.766. The number of fused-ring (bicyclic) bond motifs is 1. The number of nitrogens with zero attached hydrogens (tertiary/aromatic N) is 1. The van der Waals surface area contributed by atoms with Crippen LogP contribution in [0.3, 0.4) is 0 Å². The molecule has 146 valence electrons. The van der Waals surface area contributed by atoms with E-state index in [1.54, 1.807) is 26.0 Å². The molecule has 0 unspecified atom stereocenters. The topological polar surface area (TPSA) is 32.3 Å².